The first kappa shape index (κ1) is 14.7. The standard InChI is InChI=1S/C12H15FN2O4S/c13-11-5-4-9(8-10(11)12(16)17)14-20(18,19)15-6-2-1-3-7-15/h4-5,8,14H,1-3,6-7H2,(H,16,17). The molecule has 0 bridgehead atoms. The molecule has 6 nitrogen and oxygen atoms in total. The molecule has 0 spiro atoms. The van der Waals surface area contributed by atoms with Crippen LogP contribution in [0.2, 0.25) is 0 Å². The molecule has 2 rings (SSSR count). The number of piperidine rings is 1. The molecule has 1 aromatic carbocycles. The molecule has 8 heteroatoms. The Hall–Kier alpha value is -1.67. The van der Waals surface area contributed by atoms with E-state index in [9.17, 15) is 17.6 Å². The van der Waals surface area contributed by atoms with Crippen LogP contribution < -0.4 is 4.72 Å². The van der Waals surface area contributed by atoms with Gasteiger partial charge >= 0.3 is 16.2 Å². The topological polar surface area (TPSA) is 86.7 Å². The van der Waals surface area contributed by atoms with Crippen LogP contribution in [-0.4, -0.2) is 36.9 Å². The highest BCUT2D eigenvalue weighted by molar-refractivity contribution is 7.90. The van der Waals surface area contributed by atoms with Crippen LogP contribution in [-0.2, 0) is 10.2 Å². The van der Waals surface area contributed by atoms with E-state index in [1.165, 1.54) is 10.4 Å². The van der Waals surface area contributed by atoms with Crippen molar-refractivity contribution in [2.45, 2.75) is 19.3 Å². The number of benzene rings is 1. The van der Waals surface area contributed by atoms with E-state index in [0.717, 1.165) is 31.4 Å². The number of halogens is 1. The van der Waals surface area contributed by atoms with Gasteiger partial charge in [0.25, 0.3) is 0 Å². The van der Waals surface area contributed by atoms with Crippen LogP contribution in [0.15, 0.2) is 18.2 Å². The van der Waals surface area contributed by atoms with Gasteiger partial charge < -0.3 is 5.11 Å². The summed E-state index contributed by atoms with van der Waals surface area (Å²) in [6, 6.07) is 3.10. The molecule has 110 valence electrons. The molecule has 0 aromatic heterocycles. The van der Waals surface area contributed by atoms with Crippen molar-refractivity contribution < 1.29 is 22.7 Å². The molecule has 1 heterocycles. The number of carboxylic acid groups (broad SMARTS) is 1. The number of hydrogen-bond donors (Lipinski definition) is 2. The number of rotatable bonds is 4. The van der Waals surface area contributed by atoms with Gasteiger partial charge in [-0.15, -0.1) is 0 Å². The third-order valence-corrected chi connectivity index (χ3v) is 4.64. The monoisotopic (exact) mass is 302 g/mol. The maximum absolute atomic E-state index is 13.2. The molecule has 0 aliphatic carbocycles. The molecule has 20 heavy (non-hydrogen) atoms. The smallest absolute Gasteiger partial charge is 0.338 e. The lowest BCUT2D eigenvalue weighted by atomic mass is 10.2. The largest absolute Gasteiger partial charge is 0.478 e. The lowest BCUT2D eigenvalue weighted by Crippen LogP contribution is -2.39. The number of nitrogens with one attached hydrogen (secondary N) is 1. The summed E-state index contributed by atoms with van der Waals surface area (Å²) in [7, 11) is -3.72. The average Bonchev–Trinajstić information content (AvgIpc) is 2.41. The molecule has 1 fully saturated rings. The van der Waals surface area contributed by atoms with E-state index < -0.39 is 27.6 Å². The van der Waals surface area contributed by atoms with Gasteiger partial charge in [-0.3, -0.25) is 4.72 Å². The van der Waals surface area contributed by atoms with E-state index in [1.54, 1.807) is 0 Å². The Labute approximate surface area is 116 Å². The predicted molar refractivity (Wildman–Crippen MR) is 71.3 cm³/mol. The minimum absolute atomic E-state index is 0.0365. The Morgan fingerprint density at radius 2 is 1.90 bits per heavy atom. The molecule has 1 aliphatic rings. The zero-order valence-electron chi connectivity index (χ0n) is 10.7. The lowest BCUT2D eigenvalue weighted by molar-refractivity contribution is 0.0692. The maximum Gasteiger partial charge on any atom is 0.338 e. The number of carbonyl (C=O) groups is 1. The quantitative estimate of drug-likeness (QED) is 0.885. The summed E-state index contributed by atoms with van der Waals surface area (Å²) in [5, 5.41) is 8.81. The van der Waals surface area contributed by atoms with Gasteiger partial charge in [-0.1, -0.05) is 6.42 Å². The maximum atomic E-state index is 13.2. The fourth-order valence-electron chi connectivity index (χ4n) is 2.07. The van der Waals surface area contributed by atoms with E-state index >= 15 is 0 Å². The first-order valence-corrected chi connectivity index (χ1v) is 7.65. The average molecular weight is 302 g/mol. The summed E-state index contributed by atoms with van der Waals surface area (Å²) in [5.74, 6) is -2.35. The second kappa shape index (κ2) is 5.76. The van der Waals surface area contributed by atoms with Gasteiger partial charge in [-0.2, -0.15) is 12.7 Å². The molecule has 0 radical (unpaired) electrons. The Kier molecular flexibility index (Phi) is 4.24. The van der Waals surface area contributed by atoms with Gasteiger partial charge in [-0.05, 0) is 31.0 Å². The molecule has 0 amide bonds. The van der Waals surface area contributed by atoms with Gasteiger partial charge in [0.2, 0.25) is 0 Å². The molecule has 2 N–H and O–H groups in total. The van der Waals surface area contributed by atoms with E-state index in [0.29, 0.717) is 13.1 Å². The van der Waals surface area contributed by atoms with Crippen LogP contribution >= 0.6 is 0 Å². The molecule has 1 aliphatic heterocycles. The second-order valence-electron chi connectivity index (χ2n) is 4.57. The summed E-state index contributed by atoms with van der Waals surface area (Å²) in [6.07, 6.45) is 2.58. The van der Waals surface area contributed by atoms with Gasteiger partial charge in [-0.25, -0.2) is 9.18 Å². The zero-order valence-corrected chi connectivity index (χ0v) is 11.5. The molecular formula is C12H15FN2O4S. The Morgan fingerprint density at radius 3 is 2.50 bits per heavy atom. The van der Waals surface area contributed by atoms with E-state index in [2.05, 4.69) is 4.72 Å². The van der Waals surface area contributed by atoms with Crippen molar-refractivity contribution in [2.75, 3.05) is 17.8 Å². The minimum Gasteiger partial charge on any atom is -0.478 e. The summed E-state index contributed by atoms with van der Waals surface area (Å²) in [4.78, 5) is 10.8. The fourth-order valence-corrected chi connectivity index (χ4v) is 3.36. The summed E-state index contributed by atoms with van der Waals surface area (Å²) < 4.78 is 41.0. The van der Waals surface area contributed by atoms with Crippen molar-refractivity contribution >= 4 is 21.9 Å². The highest BCUT2D eigenvalue weighted by atomic mass is 32.2. The summed E-state index contributed by atoms with van der Waals surface area (Å²) >= 11 is 0. The number of carboxylic acids is 1. The van der Waals surface area contributed by atoms with Crippen LogP contribution in [0.4, 0.5) is 10.1 Å². The van der Waals surface area contributed by atoms with Crippen molar-refractivity contribution in [2.24, 2.45) is 0 Å². The van der Waals surface area contributed by atoms with Crippen LogP contribution in [0.5, 0.6) is 0 Å². The zero-order chi connectivity index (χ0) is 14.8. The summed E-state index contributed by atoms with van der Waals surface area (Å²) in [5.41, 5.74) is -0.529. The fraction of sp³-hybridized carbons (Fsp3) is 0.417. The van der Waals surface area contributed by atoms with Gasteiger partial charge in [0.15, 0.2) is 0 Å². The van der Waals surface area contributed by atoms with E-state index in [1.807, 2.05) is 0 Å². The van der Waals surface area contributed by atoms with Crippen molar-refractivity contribution in [3.63, 3.8) is 0 Å². The number of anilines is 1. The van der Waals surface area contributed by atoms with Gasteiger partial charge in [0.1, 0.15) is 5.82 Å². The molecule has 0 saturated carbocycles. The highest BCUT2D eigenvalue weighted by Gasteiger charge is 2.24. The molecular weight excluding hydrogens is 287 g/mol. The SMILES string of the molecule is O=C(O)c1cc(NS(=O)(=O)N2CCCCC2)ccc1F. The van der Waals surface area contributed by atoms with Gasteiger partial charge in [0.05, 0.1) is 11.3 Å². The van der Waals surface area contributed by atoms with E-state index in [-0.39, 0.29) is 5.69 Å². The van der Waals surface area contributed by atoms with E-state index in [4.69, 9.17) is 5.11 Å². The second-order valence-corrected chi connectivity index (χ2v) is 6.24. The highest BCUT2D eigenvalue weighted by Crippen LogP contribution is 2.19. The number of aromatic carboxylic acids is 1. The first-order chi connectivity index (χ1) is 9.40. The van der Waals surface area contributed by atoms with Crippen LogP contribution in [0.25, 0.3) is 0 Å². The Balaban J connectivity index is 2.20. The third kappa shape index (κ3) is 3.26. The van der Waals surface area contributed by atoms with Crippen molar-refractivity contribution in [1.82, 2.24) is 4.31 Å². The van der Waals surface area contributed by atoms with Crippen molar-refractivity contribution in [1.29, 1.82) is 0 Å². The molecule has 1 aromatic rings. The molecule has 1 saturated heterocycles. The summed E-state index contributed by atoms with van der Waals surface area (Å²) in [6.45, 7) is 0.866. The normalized spacial score (nSPS) is 16.9. The van der Waals surface area contributed by atoms with Crippen molar-refractivity contribution in [3.05, 3.63) is 29.6 Å². The third-order valence-electron chi connectivity index (χ3n) is 3.10. The minimum atomic E-state index is -3.72. The van der Waals surface area contributed by atoms with Crippen LogP contribution in [0, 0.1) is 5.82 Å². The Bertz CT molecular complexity index is 612. The molecule has 0 atom stereocenters. The first-order valence-electron chi connectivity index (χ1n) is 6.21. The Morgan fingerprint density at radius 1 is 1.25 bits per heavy atom. The number of hydrogen-bond acceptors (Lipinski definition) is 3. The van der Waals surface area contributed by atoms with Gasteiger partial charge in [0, 0.05) is 13.1 Å². The number of nitrogens with zero attached hydrogens (tertiary/aromatic N) is 1. The van der Waals surface area contributed by atoms with Crippen LogP contribution in [0.3, 0.4) is 0 Å². The predicted octanol–water partition coefficient (Wildman–Crippen LogP) is 1.67. The van der Waals surface area contributed by atoms with Crippen molar-refractivity contribution in [3.8, 4) is 0 Å². The molecule has 0 unspecified atom stereocenters. The van der Waals surface area contributed by atoms with Crippen LogP contribution in [0.1, 0.15) is 29.6 Å². The lowest BCUT2D eigenvalue weighted by Gasteiger charge is -2.26.